The van der Waals surface area contributed by atoms with Crippen LogP contribution in [0.5, 0.6) is 0 Å². The number of nitrogens with zero attached hydrogens (tertiary/aromatic N) is 1. The zero-order valence-electron chi connectivity index (χ0n) is 22.1. The second-order valence-corrected chi connectivity index (χ2v) is 11.0. The minimum Gasteiger partial charge on any atom is -0.481 e. The Hall–Kier alpha value is -1.18. The monoisotopic (exact) mass is 474 g/mol. The normalized spacial score (nSPS) is 17.7. The van der Waals surface area contributed by atoms with Crippen molar-refractivity contribution >= 4 is 11.9 Å². The summed E-state index contributed by atoms with van der Waals surface area (Å²) in [6.07, 6.45) is 10.4. The molecule has 0 aliphatic carbocycles. The van der Waals surface area contributed by atoms with Gasteiger partial charge in [0.1, 0.15) is 5.41 Å². The van der Waals surface area contributed by atoms with Crippen LogP contribution in [0.4, 0.5) is 0 Å². The van der Waals surface area contributed by atoms with E-state index in [0.717, 1.165) is 25.7 Å². The van der Waals surface area contributed by atoms with Crippen molar-refractivity contribution in [3.8, 4) is 0 Å². The smallest absolute Gasteiger partial charge is 0.363 e. The highest BCUT2D eigenvalue weighted by atomic mass is 16.4. The van der Waals surface area contributed by atoms with Gasteiger partial charge in [-0.15, -0.1) is 0 Å². The molecule has 0 aliphatic heterocycles. The third kappa shape index (κ3) is 11.2. The molecule has 0 saturated heterocycles. The number of hydrogen-bond donors (Lipinski definition) is 4. The molecule has 5 unspecified atom stereocenters. The van der Waals surface area contributed by atoms with Crippen molar-refractivity contribution in [1.82, 2.24) is 0 Å². The summed E-state index contributed by atoms with van der Waals surface area (Å²) in [6.45, 7) is 5.33. The minimum atomic E-state index is -1.69. The molecule has 0 heterocycles. The van der Waals surface area contributed by atoms with E-state index >= 15 is 0 Å². The van der Waals surface area contributed by atoms with Crippen molar-refractivity contribution in [3.63, 3.8) is 0 Å². The summed E-state index contributed by atoms with van der Waals surface area (Å²) in [5.41, 5.74) is -1.69. The third-order valence-corrected chi connectivity index (χ3v) is 6.79. The summed E-state index contributed by atoms with van der Waals surface area (Å²) in [4.78, 5) is 25.2. The molecule has 0 aromatic carbocycles. The SMILES string of the molecule is CCCCCCCCCCCCC(CC(C)O)C(CC(C)O)(C(=O)O)C(C(=O)O)[N+](C)(C)C. The van der Waals surface area contributed by atoms with E-state index in [1.807, 2.05) is 0 Å². The van der Waals surface area contributed by atoms with Crippen LogP contribution in [0.3, 0.4) is 0 Å². The number of aliphatic hydroxyl groups excluding tert-OH is 2. The summed E-state index contributed by atoms with van der Waals surface area (Å²) in [7, 11) is 5.04. The molecular weight excluding hydrogens is 422 g/mol. The Kier molecular flexibility index (Phi) is 15.1. The molecule has 0 rings (SSSR count). The molecule has 0 aromatic rings. The topological polar surface area (TPSA) is 115 Å². The summed E-state index contributed by atoms with van der Waals surface area (Å²) < 4.78 is -0.0807. The minimum absolute atomic E-state index is 0.0807. The van der Waals surface area contributed by atoms with Gasteiger partial charge in [0.25, 0.3) is 0 Å². The Bertz CT molecular complexity index is 557. The van der Waals surface area contributed by atoms with Crippen LogP contribution in [0, 0.1) is 11.3 Å². The molecule has 0 aromatic heterocycles. The van der Waals surface area contributed by atoms with Crippen LogP contribution in [0.15, 0.2) is 0 Å². The number of aliphatic hydroxyl groups is 2. The molecule has 196 valence electrons. The number of carbonyl (C=O) groups is 2. The predicted octanol–water partition coefficient (Wildman–Crippen LogP) is 4.69. The van der Waals surface area contributed by atoms with E-state index in [-0.39, 0.29) is 17.3 Å². The Labute approximate surface area is 201 Å². The zero-order chi connectivity index (χ0) is 25.7. The molecule has 5 atom stereocenters. The van der Waals surface area contributed by atoms with Crippen molar-refractivity contribution in [1.29, 1.82) is 0 Å². The second kappa shape index (κ2) is 15.7. The van der Waals surface area contributed by atoms with Gasteiger partial charge in [-0.1, -0.05) is 71.1 Å². The number of carboxylic acids is 2. The zero-order valence-corrected chi connectivity index (χ0v) is 22.1. The Morgan fingerprint density at radius 1 is 0.788 bits per heavy atom. The molecule has 0 fully saturated rings. The molecule has 0 spiro atoms. The van der Waals surface area contributed by atoms with Gasteiger partial charge in [-0.25, -0.2) is 4.79 Å². The largest absolute Gasteiger partial charge is 0.481 e. The summed E-state index contributed by atoms with van der Waals surface area (Å²) in [6, 6.07) is -1.25. The van der Waals surface area contributed by atoms with Gasteiger partial charge in [-0.2, -0.15) is 0 Å². The predicted molar refractivity (Wildman–Crippen MR) is 132 cm³/mol. The Balaban J connectivity index is 5.48. The average molecular weight is 475 g/mol. The van der Waals surface area contributed by atoms with Crippen molar-refractivity contribution in [2.45, 2.75) is 122 Å². The highest BCUT2D eigenvalue weighted by Crippen LogP contribution is 2.45. The number of carboxylic acid groups (broad SMARTS) is 2. The van der Waals surface area contributed by atoms with Gasteiger partial charge in [-0.05, 0) is 39.0 Å². The van der Waals surface area contributed by atoms with Gasteiger partial charge < -0.3 is 24.9 Å². The fourth-order valence-electron chi connectivity index (χ4n) is 5.49. The first-order chi connectivity index (χ1) is 15.3. The van der Waals surface area contributed by atoms with Crippen molar-refractivity contribution in [2.75, 3.05) is 21.1 Å². The van der Waals surface area contributed by atoms with Gasteiger partial charge >= 0.3 is 11.9 Å². The van der Waals surface area contributed by atoms with Crippen LogP contribution < -0.4 is 0 Å². The summed E-state index contributed by atoms with van der Waals surface area (Å²) in [5.74, 6) is -2.96. The molecule has 4 N–H and O–H groups in total. The summed E-state index contributed by atoms with van der Waals surface area (Å²) >= 11 is 0. The second-order valence-electron chi connectivity index (χ2n) is 11.0. The number of likely N-dealkylation sites (N-methyl/N-ethyl adjacent to an activating group) is 1. The lowest BCUT2D eigenvalue weighted by atomic mass is 9.62. The van der Waals surface area contributed by atoms with Crippen molar-refractivity contribution in [2.24, 2.45) is 11.3 Å². The van der Waals surface area contributed by atoms with E-state index in [9.17, 15) is 30.0 Å². The molecule has 0 saturated carbocycles. The van der Waals surface area contributed by atoms with Crippen LogP contribution >= 0.6 is 0 Å². The van der Waals surface area contributed by atoms with Crippen molar-refractivity contribution in [3.05, 3.63) is 0 Å². The van der Waals surface area contributed by atoms with E-state index < -0.39 is 41.5 Å². The standard InChI is InChI=1S/C26H51NO6/c1-7-8-9-10-11-12-13-14-15-16-17-22(18-20(2)28)26(25(32)33,19-21(3)29)23(24(30)31)27(4,5)6/h20-23,28-29H,7-19H2,1-6H3,(H-,30,31,32,33)/p+1. The molecule has 7 heteroatoms. The first-order valence-electron chi connectivity index (χ1n) is 12.9. The van der Waals surface area contributed by atoms with Crippen LogP contribution in [-0.4, -0.2) is 76.2 Å². The van der Waals surface area contributed by atoms with Gasteiger partial charge in [0.05, 0.1) is 33.4 Å². The maximum Gasteiger partial charge on any atom is 0.363 e. The molecule has 0 aliphatic rings. The Morgan fingerprint density at radius 2 is 1.24 bits per heavy atom. The van der Waals surface area contributed by atoms with Crippen LogP contribution in [-0.2, 0) is 9.59 Å². The first kappa shape index (κ1) is 31.8. The summed E-state index contributed by atoms with van der Waals surface area (Å²) in [5, 5.41) is 41.0. The van der Waals surface area contributed by atoms with Crippen LogP contribution in [0.2, 0.25) is 0 Å². The van der Waals surface area contributed by atoms with Gasteiger partial charge in [-0.3, -0.25) is 4.79 Å². The number of hydrogen-bond acceptors (Lipinski definition) is 4. The van der Waals surface area contributed by atoms with E-state index in [4.69, 9.17) is 0 Å². The quantitative estimate of drug-likeness (QED) is 0.150. The number of aliphatic carboxylic acids is 2. The average Bonchev–Trinajstić information content (AvgIpc) is 2.65. The maximum absolute atomic E-state index is 12.8. The highest BCUT2D eigenvalue weighted by Gasteiger charge is 2.61. The maximum atomic E-state index is 12.8. The van der Waals surface area contributed by atoms with E-state index in [2.05, 4.69) is 6.92 Å². The molecule has 0 radical (unpaired) electrons. The highest BCUT2D eigenvalue weighted by molar-refractivity contribution is 5.85. The van der Waals surface area contributed by atoms with E-state index in [1.165, 1.54) is 45.4 Å². The number of rotatable bonds is 20. The van der Waals surface area contributed by atoms with Gasteiger partial charge in [0.2, 0.25) is 6.04 Å². The van der Waals surface area contributed by atoms with Crippen LogP contribution in [0.1, 0.15) is 104 Å². The molecule has 33 heavy (non-hydrogen) atoms. The molecule has 7 nitrogen and oxygen atoms in total. The first-order valence-corrected chi connectivity index (χ1v) is 12.9. The van der Waals surface area contributed by atoms with Crippen molar-refractivity contribution < 1.29 is 34.5 Å². The van der Waals surface area contributed by atoms with Gasteiger partial charge in [0, 0.05) is 0 Å². The number of unbranched alkanes of at least 4 members (excludes halogenated alkanes) is 9. The van der Waals surface area contributed by atoms with E-state index in [0.29, 0.717) is 6.42 Å². The Morgan fingerprint density at radius 3 is 1.58 bits per heavy atom. The molecule has 0 amide bonds. The fourth-order valence-corrected chi connectivity index (χ4v) is 5.49. The lowest BCUT2D eigenvalue weighted by molar-refractivity contribution is -0.894. The third-order valence-electron chi connectivity index (χ3n) is 6.79. The number of quaternary nitrogens is 1. The molecular formula is C26H52NO6+. The fraction of sp³-hybridized carbons (Fsp3) is 0.923. The lowest BCUT2D eigenvalue weighted by Crippen LogP contribution is -2.65. The van der Waals surface area contributed by atoms with Gasteiger partial charge in [0.15, 0.2) is 0 Å². The molecule has 0 bridgehead atoms. The lowest BCUT2D eigenvalue weighted by Gasteiger charge is -2.47. The van der Waals surface area contributed by atoms with E-state index in [1.54, 1.807) is 28.1 Å². The van der Waals surface area contributed by atoms with Crippen LogP contribution in [0.25, 0.3) is 0 Å².